The molecule has 7 amide bonds. The largest absolute Gasteiger partial charge is 0.394 e. The number of rotatable bonds is 18. The number of nitrogens with zero attached hydrogens (tertiary/aromatic N) is 2. The number of hydrogen-bond acceptors (Lipinski definition) is 9. The minimum Gasteiger partial charge on any atom is -0.394 e. The molecule has 2 fully saturated rings. The molecule has 55 heavy (non-hydrogen) atoms. The average molecular weight is 779 g/mol. The van der Waals surface area contributed by atoms with Gasteiger partial charge in [-0.05, 0) is 97.8 Å². The third-order valence-electron chi connectivity index (χ3n) is 10.2. The van der Waals surface area contributed by atoms with E-state index < -0.39 is 82.3 Å². The maximum Gasteiger partial charge on any atom is 0.248 e. The zero-order valence-electron chi connectivity index (χ0n) is 35.3. The number of hydrogen-bond donors (Lipinski definition) is 7. The lowest BCUT2D eigenvalue weighted by molar-refractivity contribution is -0.146. The van der Waals surface area contributed by atoms with E-state index in [9.17, 15) is 38.7 Å². The molecule has 5 atom stereocenters. The van der Waals surface area contributed by atoms with Crippen molar-refractivity contribution in [2.24, 2.45) is 23.5 Å². The number of aliphatic hydroxyl groups is 1. The first-order chi connectivity index (χ1) is 25.2. The van der Waals surface area contributed by atoms with Gasteiger partial charge in [0.2, 0.25) is 41.4 Å². The summed E-state index contributed by atoms with van der Waals surface area (Å²) in [6.07, 6.45) is 2.75. The monoisotopic (exact) mass is 779 g/mol. The molecular weight excluding hydrogens is 708 g/mol. The maximum absolute atomic E-state index is 13.9. The van der Waals surface area contributed by atoms with Crippen LogP contribution in [0, 0.1) is 17.8 Å². The molecule has 0 aliphatic carbocycles. The summed E-state index contributed by atoms with van der Waals surface area (Å²) >= 11 is 0. The number of nitrogens with one attached hydrogen (secondary N) is 5. The van der Waals surface area contributed by atoms with Crippen LogP contribution in [0.2, 0.25) is 0 Å². The molecule has 2 aliphatic heterocycles. The summed E-state index contributed by atoms with van der Waals surface area (Å²) in [7, 11) is 0. The molecule has 0 bridgehead atoms. The van der Waals surface area contributed by atoms with Gasteiger partial charge in [0.15, 0.2) is 0 Å². The lowest BCUT2D eigenvalue weighted by Gasteiger charge is -2.36. The lowest BCUT2D eigenvalue weighted by atomic mass is 9.97. The van der Waals surface area contributed by atoms with Crippen molar-refractivity contribution in [1.82, 2.24) is 36.4 Å². The topological polar surface area (TPSA) is 232 Å². The van der Waals surface area contributed by atoms with Crippen LogP contribution in [0.25, 0.3) is 0 Å². The number of amides is 7. The van der Waals surface area contributed by atoms with Crippen LogP contribution < -0.4 is 32.3 Å². The van der Waals surface area contributed by atoms with Crippen LogP contribution in [0.4, 0.5) is 0 Å². The van der Waals surface area contributed by atoms with Gasteiger partial charge in [-0.2, -0.15) is 0 Å². The fourth-order valence-electron chi connectivity index (χ4n) is 7.01. The summed E-state index contributed by atoms with van der Waals surface area (Å²) in [4.78, 5) is 97.5. The van der Waals surface area contributed by atoms with Crippen molar-refractivity contribution in [2.75, 3.05) is 19.7 Å². The molecule has 0 unspecified atom stereocenters. The molecule has 0 aromatic heterocycles. The first-order valence-corrected chi connectivity index (χ1v) is 19.8. The minimum atomic E-state index is -1.51. The van der Waals surface area contributed by atoms with Crippen molar-refractivity contribution >= 4 is 41.4 Å². The molecule has 16 heteroatoms. The molecule has 314 valence electrons. The van der Waals surface area contributed by atoms with E-state index in [1.54, 1.807) is 41.5 Å². The van der Waals surface area contributed by atoms with Crippen molar-refractivity contribution in [1.29, 1.82) is 0 Å². The van der Waals surface area contributed by atoms with Gasteiger partial charge in [0.05, 0.1) is 18.7 Å². The second kappa shape index (κ2) is 19.4. The predicted molar refractivity (Wildman–Crippen MR) is 209 cm³/mol. The highest BCUT2D eigenvalue weighted by Gasteiger charge is 2.45. The van der Waals surface area contributed by atoms with E-state index in [1.165, 1.54) is 23.6 Å². The molecule has 2 aliphatic rings. The number of aliphatic hydroxyl groups excluding tert-OH is 1. The highest BCUT2D eigenvalue weighted by Crippen LogP contribution is 2.25. The van der Waals surface area contributed by atoms with Gasteiger partial charge in [-0.25, -0.2) is 0 Å². The number of nitrogens with two attached hydrogens (primary N) is 1. The van der Waals surface area contributed by atoms with Crippen LogP contribution in [0.1, 0.15) is 122 Å². The zero-order chi connectivity index (χ0) is 42.2. The molecule has 0 saturated carbocycles. The number of carbonyl (C=O) groups is 7. The Bertz CT molecular complexity index is 1410. The Morgan fingerprint density at radius 1 is 0.655 bits per heavy atom. The normalized spacial score (nSPS) is 19.6. The Morgan fingerprint density at radius 3 is 1.55 bits per heavy atom. The fourth-order valence-corrected chi connectivity index (χ4v) is 7.01. The smallest absolute Gasteiger partial charge is 0.248 e. The van der Waals surface area contributed by atoms with Gasteiger partial charge in [0.1, 0.15) is 34.7 Å². The Labute approximate surface area is 327 Å². The first kappa shape index (κ1) is 47.4. The molecule has 8 N–H and O–H groups in total. The molecule has 2 heterocycles. The van der Waals surface area contributed by atoms with Crippen molar-refractivity contribution in [3.8, 4) is 0 Å². The van der Waals surface area contributed by atoms with Gasteiger partial charge in [-0.1, -0.05) is 41.5 Å². The predicted octanol–water partition coefficient (Wildman–Crippen LogP) is 0.690. The molecule has 0 aromatic rings. The summed E-state index contributed by atoms with van der Waals surface area (Å²) in [5.41, 5.74) is 1.69. The molecule has 0 radical (unpaired) electrons. The second-order valence-corrected chi connectivity index (χ2v) is 18.1. The van der Waals surface area contributed by atoms with Gasteiger partial charge in [0, 0.05) is 13.1 Å². The Balaban J connectivity index is 2.15. The van der Waals surface area contributed by atoms with Gasteiger partial charge < -0.3 is 47.2 Å². The van der Waals surface area contributed by atoms with Gasteiger partial charge in [-0.3, -0.25) is 33.6 Å². The highest BCUT2D eigenvalue weighted by molar-refractivity contribution is 6.00. The summed E-state index contributed by atoms with van der Waals surface area (Å²) in [6, 6.07) is -3.96. The van der Waals surface area contributed by atoms with Crippen LogP contribution in [0.3, 0.4) is 0 Å². The summed E-state index contributed by atoms with van der Waals surface area (Å²) in [5.74, 6) is -3.48. The van der Waals surface area contributed by atoms with Crippen molar-refractivity contribution in [2.45, 2.75) is 168 Å². The van der Waals surface area contributed by atoms with Crippen LogP contribution in [-0.2, 0) is 33.6 Å². The van der Waals surface area contributed by atoms with Crippen molar-refractivity contribution in [3.05, 3.63) is 0 Å². The van der Waals surface area contributed by atoms with Crippen LogP contribution in [0.5, 0.6) is 0 Å². The fraction of sp³-hybridized carbons (Fsp3) is 0.821. The second-order valence-electron chi connectivity index (χ2n) is 18.1. The quantitative estimate of drug-likeness (QED) is 0.104. The van der Waals surface area contributed by atoms with E-state index in [0.717, 1.165) is 0 Å². The van der Waals surface area contributed by atoms with Gasteiger partial charge >= 0.3 is 0 Å². The summed E-state index contributed by atoms with van der Waals surface area (Å²) in [5, 5.41) is 23.7. The standard InChI is InChI=1S/C39H70N8O8/c1-22(2)19-25(21-48)41-31(50)27-15-13-17-46(27)35(54)38(9,10)43-30(49)26(20-23(3)4)42-34(53)37(7,8)44-32(51)28-16-14-18-47(28)36(55)39(11,12)45-33(52)29(40)24(5)6/h22-29,48H,13-21,40H2,1-12H3,(H,41,50)(H,42,53)(H,43,49)(H,44,51)(H,45,52)/t25-,26-,27-,28-,29-/m0/s1. The third-order valence-corrected chi connectivity index (χ3v) is 10.2. The van der Waals surface area contributed by atoms with E-state index >= 15 is 0 Å². The minimum absolute atomic E-state index is 0.0403. The Hall–Kier alpha value is -3.79. The maximum atomic E-state index is 13.9. The van der Waals surface area contributed by atoms with E-state index in [-0.39, 0.29) is 43.2 Å². The number of likely N-dealkylation sites (tertiary alicyclic amines) is 2. The molecule has 0 spiro atoms. The van der Waals surface area contributed by atoms with Crippen molar-refractivity contribution < 1.29 is 38.7 Å². The van der Waals surface area contributed by atoms with Crippen LogP contribution in [-0.4, -0.2) is 123 Å². The molecular formula is C39H70N8O8. The van der Waals surface area contributed by atoms with E-state index in [2.05, 4.69) is 26.6 Å². The molecule has 2 saturated heterocycles. The zero-order valence-corrected chi connectivity index (χ0v) is 35.3. The Morgan fingerprint density at radius 2 is 1.11 bits per heavy atom. The van der Waals surface area contributed by atoms with Crippen LogP contribution >= 0.6 is 0 Å². The average Bonchev–Trinajstić information content (AvgIpc) is 3.76. The van der Waals surface area contributed by atoms with E-state index in [1.807, 2.05) is 27.7 Å². The number of carbonyl (C=O) groups excluding carboxylic acids is 7. The summed E-state index contributed by atoms with van der Waals surface area (Å²) in [6.45, 7) is 20.9. The molecule has 16 nitrogen and oxygen atoms in total. The highest BCUT2D eigenvalue weighted by atomic mass is 16.3. The van der Waals surface area contributed by atoms with E-state index in [4.69, 9.17) is 5.73 Å². The van der Waals surface area contributed by atoms with Crippen LogP contribution in [0.15, 0.2) is 0 Å². The van der Waals surface area contributed by atoms with Gasteiger partial charge in [-0.15, -0.1) is 0 Å². The third kappa shape index (κ3) is 12.9. The van der Waals surface area contributed by atoms with Gasteiger partial charge in [0.25, 0.3) is 0 Å². The lowest BCUT2D eigenvalue weighted by Crippen LogP contribution is -2.65. The molecule has 0 aromatic carbocycles. The Kier molecular flexibility index (Phi) is 16.7. The molecule has 2 rings (SSSR count). The first-order valence-electron chi connectivity index (χ1n) is 19.8. The van der Waals surface area contributed by atoms with Crippen molar-refractivity contribution in [3.63, 3.8) is 0 Å². The van der Waals surface area contributed by atoms with E-state index in [0.29, 0.717) is 38.6 Å². The summed E-state index contributed by atoms with van der Waals surface area (Å²) < 4.78 is 0. The SMILES string of the molecule is CC(C)C[C@@H](CO)NC(=O)[C@@H]1CCCN1C(=O)C(C)(C)NC(=O)[C@H](CC(C)C)NC(=O)C(C)(C)NC(=O)[C@@H]1CCCN1C(=O)C(C)(C)NC(=O)[C@@H](N)C(C)C.